The average molecular weight is 210 g/mol. The van der Waals surface area contributed by atoms with Gasteiger partial charge in [0.1, 0.15) is 0 Å². The number of rotatable bonds is 4. The fraction of sp³-hybridized carbons (Fsp3) is 0.636. The Morgan fingerprint density at radius 2 is 2.27 bits per heavy atom. The highest BCUT2D eigenvalue weighted by Gasteiger charge is 2.17. The molecule has 0 aromatic heterocycles. The first-order chi connectivity index (χ1) is 7.11. The summed E-state index contributed by atoms with van der Waals surface area (Å²) in [5.74, 6) is 0.0604. The summed E-state index contributed by atoms with van der Waals surface area (Å²) in [4.78, 5) is 24.4. The summed E-state index contributed by atoms with van der Waals surface area (Å²) in [6.07, 6.45) is 2.71. The molecular weight excluding hydrogens is 192 g/mol. The number of amides is 2. The van der Waals surface area contributed by atoms with Crippen LogP contribution >= 0.6 is 0 Å². The normalized spacial score (nSPS) is 16.3. The van der Waals surface area contributed by atoms with E-state index in [0.29, 0.717) is 25.1 Å². The molecule has 0 aromatic carbocycles. The number of hydrogen-bond acceptors (Lipinski definition) is 2. The highest BCUT2D eigenvalue weighted by Crippen LogP contribution is 2.09. The minimum Gasteiger partial charge on any atom is -0.351 e. The molecule has 0 aromatic rings. The lowest BCUT2D eigenvalue weighted by molar-refractivity contribution is -0.133. The van der Waals surface area contributed by atoms with Gasteiger partial charge in [0.05, 0.1) is 0 Å². The molecule has 0 unspecified atom stereocenters. The second kappa shape index (κ2) is 5.53. The van der Waals surface area contributed by atoms with E-state index in [9.17, 15) is 9.59 Å². The van der Waals surface area contributed by atoms with E-state index in [4.69, 9.17) is 0 Å². The van der Waals surface area contributed by atoms with Crippen molar-refractivity contribution < 1.29 is 9.59 Å². The van der Waals surface area contributed by atoms with Gasteiger partial charge in [0, 0.05) is 31.6 Å². The van der Waals surface area contributed by atoms with Crippen LogP contribution in [0.2, 0.25) is 0 Å². The van der Waals surface area contributed by atoms with Crippen LogP contribution in [-0.4, -0.2) is 36.3 Å². The molecule has 15 heavy (non-hydrogen) atoms. The van der Waals surface area contributed by atoms with Crippen LogP contribution in [0, 0.1) is 0 Å². The molecule has 84 valence electrons. The number of carbonyl (C=O) groups is 2. The summed E-state index contributed by atoms with van der Waals surface area (Å²) >= 11 is 0. The zero-order valence-electron chi connectivity index (χ0n) is 9.21. The van der Waals surface area contributed by atoms with Gasteiger partial charge in [0.2, 0.25) is 11.8 Å². The second-order valence-electron chi connectivity index (χ2n) is 3.87. The first kappa shape index (κ1) is 11.8. The van der Waals surface area contributed by atoms with Crippen LogP contribution < -0.4 is 5.32 Å². The fourth-order valence-corrected chi connectivity index (χ4v) is 1.55. The van der Waals surface area contributed by atoms with Gasteiger partial charge < -0.3 is 10.2 Å². The third-order valence-corrected chi connectivity index (χ3v) is 2.48. The molecular formula is C11H18N2O2. The Morgan fingerprint density at radius 3 is 2.87 bits per heavy atom. The zero-order valence-corrected chi connectivity index (χ0v) is 9.21. The van der Waals surface area contributed by atoms with Crippen LogP contribution in [0.1, 0.15) is 26.2 Å². The van der Waals surface area contributed by atoms with Gasteiger partial charge >= 0.3 is 0 Å². The van der Waals surface area contributed by atoms with Crippen molar-refractivity contribution in [2.45, 2.75) is 26.2 Å². The van der Waals surface area contributed by atoms with E-state index in [0.717, 1.165) is 19.4 Å². The standard InChI is InChI=1S/C11H18N2O2/c1-9(2)11(15)12-6-8-13-7-4-3-5-10(13)14/h1,3-8H2,2H3,(H,12,15). The van der Waals surface area contributed by atoms with Gasteiger partial charge in [-0.3, -0.25) is 9.59 Å². The molecule has 1 fully saturated rings. The van der Waals surface area contributed by atoms with Gasteiger partial charge in [-0.25, -0.2) is 0 Å². The van der Waals surface area contributed by atoms with Crippen molar-refractivity contribution in [1.29, 1.82) is 0 Å². The summed E-state index contributed by atoms with van der Waals surface area (Å²) < 4.78 is 0. The highest BCUT2D eigenvalue weighted by atomic mass is 16.2. The van der Waals surface area contributed by atoms with E-state index < -0.39 is 0 Å². The van der Waals surface area contributed by atoms with E-state index in [2.05, 4.69) is 11.9 Å². The molecule has 0 aliphatic carbocycles. The van der Waals surface area contributed by atoms with Crippen molar-refractivity contribution >= 4 is 11.8 Å². The Kier molecular flexibility index (Phi) is 4.34. The predicted octanol–water partition coefficient (Wildman–Crippen LogP) is 0.691. The molecule has 1 rings (SSSR count). The van der Waals surface area contributed by atoms with Gasteiger partial charge in [0.15, 0.2) is 0 Å². The third kappa shape index (κ3) is 3.73. The van der Waals surface area contributed by atoms with Crippen molar-refractivity contribution in [3.63, 3.8) is 0 Å². The molecule has 2 amide bonds. The van der Waals surface area contributed by atoms with Gasteiger partial charge in [-0.05, 0) is 19.8 Å². The lowest BCUT2D eigenvalue weighted by Crippen LogP contribution is -2.41. The van der Waals surface area contributed by atoms with Crippen molar-refractivity contribution in [3.8, 4) is 0 Å². The lowest BCUT2D eigenvalue weighted by atomic mass is 10.1. The highest BCUT2D eigenvalue weighted by molar-refractivity contribution is 5.92. The number of nitrogens with one attached hydrogen (secondary N) is 1. The number of hydrogen-bond donors (Lipinski definition) is 1. The van der Waals surface area contributed by atoms with E-state index in [1.807, 2.05) is 4.90 Å². The monoisotopic (exact) mass is 210 g/mol. The third-order valence-electron chi connectivity index (χ3n) is 2.48. The molecule has 0 radical (unpaired) electrons. The molecule has 0 spiro atoms. The van der Waals surface area contributed by atoms with Gasteiger partial charge in [-0.2, -0.15) is 0 Å². The van der Waals surface area contributed by atoms with E-state index in [1.54, 1.807) is 6.92 Å². The van der Waals surface area contributed by atoms with Crippen LogP contribution in [-0.2, 0) is 9.59 Å². The van der Waals surface area contributed by atoms with Crippen molar-refractivity contribution in [2.24, 2.45) is 0 Å². The summed E-state index contributed by atoms with van der Waals surface area (Å²) in [6.45, 7) is 7.15. The summed E-state index contributed by atoms with van der Waals surface area (Å²) in [7, 11) is 0. The molecule has 1 aliphatic heterocycles. The van der Waals surface area contributed by atoms with E-state index >= 15 is 0 Å². The Bertz CT molecular complexity index is 274. The second-order valence-corrected chi connectivity index (χ2v) is 3.87. The van der Waals surface area contributed by atoms with Crippen LogP contribution in [0.5, 0.6) is 0 Å². The van der Waals surface area contributed by atoms with Crippen LogP contribution in [0.4, 0.5) is 0 Å². The molecule has 4 heteroatoms. The number of likely N-dealkylation sites (tertiary alicyclic amines) is 1. The van der Waals surface area contributed by atoms with E-state index in [-0.39, 0.29) is 11.8 Å². The first-order valence-corrected chi connectivity index (χ1v) is 5.32. The molecule has 0 bridgehead atoms. The van der Waals surface area contributed by atoms with Gasteiger partial charge in [-0.1, -0.05) is 6.58 Å². The lowest BCUT2D eigenvalue weighted by Gasteiger charge is -2.26. The van der Waals surface area contributed by atoms with Gasteiger partial charge in [-0.15, -0.1) is 0 Å². The largest absolute Gasteiger partial charge is 0.351 e. The van der Waals surface area contributed by atoms with Crippen LogP contribution in [0.3, 0.4) is 0 Å². The van der Waals surface area contributed by atoms with Crippen molar-refractivity contribution in [2.75, 3.05) is 19.6 Å². The van der Waals surface area contributed by atoms with Crippen LogP contribution in [0.15, 0.2) is 12.2 Å². The Hall–Kier alpha value is -1.32. The minimum atomic E-state index is -0.139. The zero-order chi connectivity index (χ0) is 11.3. The Balaban J connectivity index is 2.22. The molecule has 1 saturated heterocycles. The molecule has 1 heterocycles. The minimum absolute atomic E-state index is 0.139. The quantitative estimate of drug-likeness (QED) is 0.694. The fourth-order valence-electron chi connectivity index (χ4n) is 1.55. The summed E-state index contributed by atoms with van der Waals surface area (Å²) in [6, 6.07) is 0. The first-order valence-electron chi connectivity index (χ1n) is 5.32. The molecule has 1 N–H and O–H groups in total. The van der Waals surface area contributed by atoms with Crippen molar-refractivity contribution in [3.05, 3.63) is 12.2 Å². The molecule has 0 saturated carbocycles. The Morgan fingerprint density at radius 1 is 1.53 bits per heavy atom. The maximum absolute atomic E-state index is 11.4. The van der Waals surface area contributed by atoms with Gasteiger partial charge in [0.25, 0.3) is 0 Å². The number of piperidine rings is 1. The molecule has 1 aliphatic rings. The smallest absolute Gasteiger partial charge is 0.246 e. The maximum Gasteiger partial charge on any atom is 0.246 e. The van der Waals surface area contributed by atoms with Crippen molar-refractivity contribution in [1.82, 2.24) is 10.2 Å². The average Bonchev–Trinajstić information content (AvgIpc) is 2.20. The number of carbonyl (C=O) groups excluding carboxylic acids is 2. The topological polar surface area (TPSA) is 49.4 Å². The van der Waals surface area contributed by atoms with Crippen LogP contribution in [0.25, 0.3) is 0 Å². The SMILES string of the molecule is C=C(C)C(=O)NCCN1CCCCC1=O. The maximum atomic E-state index is 11.4. The molecule has 4 nitrogen and oxygen atoms in total. The summed E-state index contributed by atoms with van der Waals surface area (Å²) in [5.41, 5.74) is 0.500. The van der Waals surface area contributed by atoms with E-state index in [1.165, 1.54) is 0 Å². The number of nitrogens with zero attached hydrogens (tertiary/aromatic N) is 1. The Labute approximate surface area is 90.3 Å². The predicted molar refractivity (Wildman–Crippen MR) is 58.3 cm³/mol. The molecule has 0 atom stereocenters. The summed E-state index contributed by atoms with van der Waals surface area (Å²) in [5, 5.41) is 2.72.